The molecule has 1 saturated heterocycles. The number of ether oxygens (including phenoxy) is 2. The number of hydrogen-bond donors (Lipinski definition) is 0. The third-order valence-corrected chi connectivity index (χ3v) is 4.20. The van der Waals surface area contributed by atoms with Gasteiger partial charge in [-0.1, -0.05) is 23.8 Å². The molecule has 0 saturated carbocycles. The smallest absolute Gasteiger partial charge is 0.411 e. The molecule has 1 fully saturated rings. The Labute approximate surface area is 142 Å². The van der Waals surface area contributed by atoms with Crippen LogP contribution >= 0.6 is 0 Å². The second kappa shape index (κ2) is 6.55. The average Bonchev–Trinajstić information content (AvgIpc) is 2.44. The number of nitrogens with zero attached hydrogens (tertiary/aromatic N) is 1. The summed E-state index contributed by atoms with van der Waals surface area (Å²) in [5.41, 5.74) is 1.65. The number of fused-ring (bicyclic) bond motifs is 2. The molecule has 0 aliphatic carbocycles. The highest BCUT2D eigenvalue weighted by atomic mass is 19.1. The maximum Gasteiger partial charge on any atom is 0.411 e. The zero-order valence-electron chi connectivity index (χ0n) is 14.4. The van der Waals surface area contributed by atoms with Crippen LogP contribution in [0.2, 0.25) is 0 Å². The van der Waals surface area contributed by atoms with Crippen LogP contribution in [0, 0.1) is 5.82 Å². The zero-order chi connectivity index (χ0) is 17.3. The van der Waals surface area contributed by atoms with Gasteiger partial charge in [0.2, 0.25) is 0 Å². The van der Waals surface area contributed by atoms with E-state index in [-0.39, 0.29) is 24.0 Å². The number of hydrogen-bond acceptors (Lipinski definition) is 3. The van der Waals surface area contributed by atoms with Crippen LogP contribution < -0.4 is 0 Å². The minimum Gasteiger partial charge on any atom is -0.444 e. The van der Waals surface area contributed by atoms with Crippen molar-refractivity contribution in [1.29, 1.82) is 0 Å². The third-order valence-electron chi connectivity index (χ3n) is 4.20. The Balaban J connectivity index is 1.76. The van der Waals surface area contributed by atoms with Crippen molar-refractivity contribution in [1.82, 2.24) is 4.90 Å². The lowest BCUT2D eigenvalue weighted by molar-refractivity contribution is -0.0536. The van der Waals surface area contributed by atoms with E-state index in [4.69, 9.17) is 9.47 Å². The number of morpholine rings is 1. The molecule has 24 heavy (non-hydrogen) atoms. The fourth-order valence-corrected chi connectivity index (χ4v) is 3.32. The maximum atomic E-state index is 13.4. The lowest BCUT2D eigenvalue weighted by Gasteiger charge is -2.44. The molecule has 2 atom stereocenters. The molecule has 0 spiro atoms. The Morgan fingerprint density at radius 2 is 2.17 bits per heavy atom. The Kier molecular flexibility index (Phi) is 4.63. The van der Waals surface area contributed by atoms with Crippen molar-refractivity contribution in [3.63, 3.8) is 0 Å². The number of carbonyl (C=O) groups excluding carboxylic acids is 1. The first kappa shape index (κ1) is 17.0. The van der Waals surface area contributed by atoms with E-state index in [0.717, 1.165) is 12.0 Å². The van der Waals surface area contributed by atoms with Crippen LogP contribution in [0.1, 0.15) is 32.8 Å². The molecule has 1 aromatic rings. The van der Waals surface area contributed by atoms with Crippen molar-refractivity contribution < 1.29 is 18.7 Å². The van der Waals surface area contributed by atoms with E-state index in [1.165, 1.54) is 11.6 Å². The molecular formula is C19H24FNO3. The average molecular weight is 333 g/mol. The van der Waals surface area contributed by atoms with Gasteiger partial charge in [0.15, 0.2) is 0 Å². The van der Waals surface area contributed by atoms with Crippen molar-refractivity contribution in [3.05, 3.63) is 47.3 Å². The first-order chi connectivity index (χ1) is 11.3. The molecule has 4 nitrogen and oxygen atoms in total. The van der Waals surface area contributed by atoms with Gasteiger partial charge in [0.1, 0.15) is 11.4 Å². The number of amides is 1. The van der Waals surface area contributed by atoms with Crippen LogP contribution in [-0.2, 0) is 15.9 Å². The Morgan fingerprint density at radius 3 is 2.83 bits per heavy atom. The molecule has 130 valence electrons. The topological polar surface area (TPSA) is 38.8 Å². The SMILES string of the molecule is CC(C)(C)OC(=O)N1C2C=C(Cc3cccc(F)c3)CC1COC2. The van der Waals surface area contributed by atoms with E-state index in [1.54, 1.807) is 17.0 Å². The number of halogens is 1. The Hall–Kier alpha value is -1.88. The van der Waals surface area contributed by atoms with Gasteiger partial charge in [-0.3, -0.25) is 4.90 Å². The first-order valence-electron chi connectivity index (χ1n) is 8.35. The molecule has 0 N–H and O–H groups in total. The summed E-state index contributed by atoms with van der Waals surface area (Å²) in [7, 11) is 0. The second-order valence-electron chi connectivity index (χ2n) is 7.48. The predicted molar refractivity (Wildman–Crippen MR) is 89.3 cm³/mol. The highest BCUT2D eigenvalue weighted by molar-refractivity contribution is 5.70. The Morgan fingerprint density at radius 1 is 1.38 bits per heavy atom. The molecule has 2 bridgehead atoms. The summed E-state index contributed by atoms with van der Waals surface area (Å²) in [6, 6.07) is 6.53. The zero-order valence-corrected chi connectivity index (χ0v) is 14.4. The van der Waals surface area contributed by atoms with E-state index < -0.39 is 5.60 Å². The number of rotatable bonds is 2. The summed E-state index contributed by atoms with van der Waals surface area (Å²) in [4.78, 5) is 14.3. The monoisotopic (exact) mass is 333 g/mol. The quantitative estimate of drug-likeness (QED) is 0.775. The molecule has 2 aliphatic rings. The molecule has 2 heterocycles. The summed E-state index contributed by atoms with van der Waals surface area (Å²) >= 11 is 0. The highest BCUT2D eigenvalue weighted by Crippen LogP contribution is 2.30. The number of carbonyl (C=O) groups is 1. The normalized spacial score (nSPS) is 23.7. The van der Waals surface area contributed by atoms with Gasteiger partial charge in [0.25, 0.3) is 0 Å². The van der Waals surface area contributed by atoms with Crippen LogP contribution in [0.4, 0.5) is 9.18 Å². The molecule has 1 aromatic carbocycles. The minimum atomic E-state index is -0.516. The lowest BCUT2D eigenvalue weighted by atomic mass is 9.90. The molecule has 2 unspecified atom stereocenters. The van der Waals surface area contributed by atoms with Crippen LogP contribution in [0.25, 0.3) is 0 Å². The molecule has 1 amide bonds. The van der Waals surface area contributed by atoms with Gasteiger partial charge < -0.3 is 9.47 Å². The van der Waals surface area contributed by atoms with Crippen molar-refractivity contribution >= 4 is 6.09 Å². The summed E-state index contributed by atoms with van der Waals surface area (Å²) in [6.45, 7) is 6.59. The highest BCUT2D eigenvalue weighted by Gasteiger charge is 2.39. The summed E-state index contributed by atoms with van der Waals surface area (Å²) in [6.07, 6.45) is 3.21. The van der Waals surface area contributed by atoms with Crippen LogP contribution in [-0.4, -0.2) is 41.9 Å². The third kappa shape index (κ3) is 3.96. The van der Waals surface area contributed by atoms with E-state index in [1.807, 2.05) is 26.8 Å². The summed E-state index contributed by atoms with van der Waals surface area (Å²) in [5.74, 6) is -0.220. The van der Waals surface area contributed by atoms with Crippen LogP contribution in [0.15, 0.2) is 35.9 Å². The van der Waals surface area contributed by atoms with Gasteiger partial charge in [-0.05, 0) is 51.3 Å². The van der Waals surface area contributed by atoms with E-state index in [2.05, 4.69) is 6.08 Å². The fourth-order valence-electron chi connectivity index (χ4n) is 3.32. The van der Waals surface area contributed by atoms with Crippen molar-refractivity contribution in [2.45, 2.75) is 51.3 Å². The van der Waals surface area contributed by atoms with E-state index >= 15 is 0 Å². The minimum absolute atomic E-state index is 0.0211. The maximum absolute atomic E-state index is 13.4. The lowest BCUT2D eigenvalue weighted by Crippen LogP contribution is -2.57. The predicted octanol–water partition coefficient (Wildman–Crippen LogP) is 3.70. The van der Waals surface area contributed by atoms with Gasteiger partial charge in [0.05, 0.1) is 25.3 Å². The van der Waals surface area contributed by atoms with E-state index in [0.29, 0.717) is 19.6 Å². The molecule has 0 radical (unpaired) electrons. The van der Waals surface area contributed by atoms with Crippen LogP contribution in [0.5, 0.6) is 0 Å². The summed E-state index contributed by atoms with van der Waals surface area (Å²) in [5, 5.41) is 0. The molecule has 5 heteroatoms. The van der Waals surface area contributed by atoms with Crippen molar-refractivity contribution in [2.75, 3.05) is 13.2 Å². The largest absolute Gasteiger partial charge is 0.444 e. The number of benzene rings is 1. The second-order valence-corrected chi connectivity index (χ2v) is 7.48. The van der Waals surface area contributed by atoms with Crippen LogP contribution in [0.3, 0.4) is 0 Å². The van der Waals surface area contributed by atoms with Crippen molar-refractivity contribution in [3.8, 4) is 0 Å². The Bertz CT molecular complexity index is 650. The van der Waals surface area contributed by atoms with Gasteiger partial charge in [-0.2, -0.15) is 0 Å². The molecular weight excluding hydrogens is 309 g/mol. The molecule has 3 rings (SSSR count). The van der Waals surface area contributed by atoms with Gasteiger partial charge in [-0.15, -0.1) is 0 Å². The van der Waals surface area contributed by atoms with Gasteiger partial charge in [0, 0.05) is 0 Å². The summed E-state index contributed by atoms with van der Waals surface area (Å²) < 4.78 is 24.5. The molecule has 2 aliphatic heterocycles. The van der Waals surface area contributed by atoms with Gasteiger partial charge >= 0.3 is 6.09 Å². The first-order valence-corrected chi connectivity index (χ1v) is 8.35. The van der Waals surface area contributed by atoms with Gasteiger partial charge in [-0.25, -0.2) is 9.18 Å². The molecule has 0 aromatic heterocycles. The fraction of sp³-hybridized carbons (Fsp3) is 0.526. The van der Waals surface area contributed by atoms with Crippen molar-refractivity contribution in [2.24, 2.45) is 0 Å². The standard InChI is InChI=1S/C19H24FNO3/c1-19(2,3)24-18(22)21-16-9-14(10-17(21)12-23-11-16)7-13-5-4-6-15(20)8-13/h4-6,8-9,16-17H,7,10-12H2,1-3H3. The van der Waals surface area contributed by atoms with E-state index in [9.17, 15) is 9.18 Å².